The van der Waals surface area contributed by atoms with Crippen LogP contribution in [0.2, 0.25) is 0 Å². The number of esters is 1. The molecule has 2 aromatic heterocycles. The minimum absolute atomic E-state index is 0.0862. The maximum Gasteiger partial charge on any atom is 0.416 e. The van der Waals surface area contributed by atoms with Crippen LogP contribution in [0.3, 0.4) is 0 Å². The summed E-state index contributed by atoms with van der Waals surface area (Å²) in [5, 5.41) is 2.67. The van der Waals surface area contributed by atoms with Crippen molar-refractivity contribution in [3.05, 3.63) is 71.7 Å². The van der Waals surface area contributed by atoms with Gasteiger partial charge in [-0.1, -0.05) is 25.0 Å². The molecular weight excluding hydrogens is 499 g/mol. The van der Waals surface area contributed by atoms with Gasteiger partial charge in [0.25, 0.3) is 5.91 Å². The lowest BCUT2D eigenvalue weighted by molar-refractivity contribution is -0.140. The molecule has 1 amide bonds. The van der Waals surface area contributed by atoms with Crippen molar-refractivity contribution < 1.29 is 27.5 Å². The number of carbonyl (C=O) groups is 2. The maximum atomic E-state index is 12.8. The van der Waals surface area contributed by atoms with E-state index in [4.69, 9.17) is 0 Å². The molecule has 1 saturated carbocycles. The Kier molecular flexibility index (Phi) is 8.55. The summed E-state index contributed by atoms with van der Waals surface area (Å²) in [6.45, 7) is 0.666. The van der Waals surface area contributed by atoms with E-state index in [2.05, 4.69) is 29.9 Å². The second kappa shape index (κ2) is 12.0. The average Bonchev–Trinajstić information content (AvgIpc) is 3.46. The molecule has 38 heavy (non-hydrogen) atoms. The summed E-state index contributed by atoms with van der Waals surface area (Å²) in [7, 11) is 1.29. The van der Waals surface area contributed by atoms with E-state index in [1.807, 2.05) is 0 Å². The van der Waals surface area contributed by atoms with Gasteiger partial charge in [0.05, 0.1) is 24.7 Å². The number of benzene rings is 1. The molecule has 0 radical (unpaired) electrons. The fourth-order valence-corrected chi connectivity index (χ4v) is 4.38. The number of anilines is 1. The summed E-state index contributed by atoms with van der Waals surface area (Å²) in [4.78, 5) is 39.0. The van der Waals surface area contributed by atoms with E-state index >= 15 is 0 Å². The number of ether oxygens (including phenoxy) is 1. The molecule has 4 rings (SSSR count). The van der Waals surface area contributed by atoms with Crippen LogP contribution in [0, 0.1) is 0 Å². The Morgan fingerprint density at radius 1 is 1.00 bits per heavy atom. The molecule has 1 N–H and O–H groups in total. The maximum absolute atomic E-state index is 12.8. The van der Waals surface area contributed by atoms with Gasteiger partial charge in [-0.05, 0) is 37.1 Å². The van der Waals surface area contributed by atoms with E-state index < -0.39 is 17.7 Å². The number of nitrogens with zero attached hydrogens (tertiary/aromatic N) is 4. The van der Waals surface area contributed by atoms with Crippen molar-refractivity contribution in [1.29, 1.82) is 0 Å². The third-order valence-electron chi connectivity index (χ3n) is 6.44. The van der Waals surface area contributed by atoms with E-state index in [1.165, 1.54) is 25.4 Å². The summed E-state index contributed by atoms with van der Waals surface area (Å²) in [5.74, 6) is 0.334. The van der Waals surface area contributed by atoms with Gasteiger partial charge in [0.15, 0.2) is 5.82 Å². The van der Waals surface area contributed by atoms with E-state index in [-0.39, 0.29) is 24.9 Å². The number of halogens is 3. The Hall–Kier alpha value is -4.02. The number of hydrogen-bond donors (Lipinski definition) is 1. The summed E-state index contributed by atoms with van der Waals surface area (Å²) < 4.78 is 43.1. The van der Waals surface area contributed by atoms with Gasteiger partial charge in [-0.25, -0.2) is 15.0 Å². The highest BCUT2D eigenvalue weighted by molar-refractivity contribution is 5.94. The number of alkyl halides is 3. The first kappa shape index (κ1) is 27.0. The van der Waals surface area contributed by atoms with Crippen LogP contribution in [0.1, 0.15) is 53.6 Å². The minimum Gasteiger partial charge on any atom is -0.469 e. The first-order valence-corrected chi connectivity index (χ1v) is 12.3. The zero-order valence-electron chi connectivity index (χ0n) is 20.9. The number of amides is 1. The van der Waals surface area contributed by atoms with Crippen molar-refractivity contribution in [3.63, 3.8) is 0 Å². The number of aromatic nitrogens is 3. The highest BCUT2D eigenvalue weighted by Gasteiger charge is 2.30. The molecular formula is C27H28F3N5O3. The van der Waals surface area contributed by atoms with Crippen molar-refractivity contribution >= 4 is 17.7 Å². The lowest BCUT2D eigenvalue weighted by atomic mass is 10.1. The molecule has 0 unspecified atom stereocenters. The van der Waals surface area contributed by atoms with Crippen molar-refractivity contribution in [3.8, 4) is 11.4 Å². The van der Waals surface area contributed by atoms with Gasteiger partial charge >= 0.3 is 12.1 Å². The van der Waals surface area contributed by atoms with Gasteiger partial charge in [0.2, 0.25) is 0 Å². The van der Waals surface area contributed by atoms with Crippen molar-refractivity contribution in [2.45, 2.75) is 50.9 Å². The molecule has 3 aromatic rings. The molecule has 1 aliphatic rings. The SMILES string of the molecule is COC(=O)CCNC(=O)c1ccc(N(Cc2cnc(-c3ccc(C(F)(F)F)cc3)nc2)C2CCCC2)nc1. The smallest absolute Gasteiger partial charge is 0.416 e. The van der Waals surface area contributed by atoms with E-state index in [0.717, 1.165) is 49.2 Å². The molecule has 11 heteroatoms. The average molecular weight is 528 g/mol. The van der Waals surface area contributed by atoms with Crippen LogP contribution in [0.25, 0.3) is 11.4 Å². The van der Waals surface area contributed by atoms with Gasteiger partial charge in [0.1, 0.15) is 5.82 Å². The number of methoxy groups -OCH3 is 1. The fraction of sp³-hybridized carbons (Fsp3) is 0.370. The molecule has 8 nitrogen and oxygen atoms in total. The van der Waals surface area contributed by atoms with Crippen LogP contribution >= 0.6 is 0 Å². The molecule has 0 bridgehead atoms. The highest BCUT2D eigenvalue weighted by atomic mass is 19.4. The van der Waals surface area contributed by atoms with Crippen molar-refractivity contribution in [2.75, 3.05) is 18.6 Å². The van der Waals surface area contributed by atoms with Crippen LogP contribution < -0.4 is 10.2 Å². The summed E-state index contributed by atoms with van der Waals surface area (Å²) in [5.41, 5.74) is 0.995. The van der Waals surface area contributed by atoms with E-state index in [1.54, 1.807) is 24.5 Å². The third-order valence-corrected chi connectivity index (χ3v) is 6.44. The number of nitrogens with one attached hydrogen (secondary N) is 1. The van der Waals surface area contributed by atoms with Gasteiger partial charge in [0, 0.05) is 48.8 Å². The predicted octanol–water partition coefficient (Wildman–Crippen LogP) is 4.80. The van der Waals surface area contributed by atoms with Gasteiger partial charge in [-0.3, -0.25) is 9.59 Å². The largest absolute Gasteiger partial charge is 0.469 e. The molecule has 1 fully saturated rings. The molecule has 0 atom stereocenters. The topological polar surface area (TPSA) is 97.3 Å². The van der Waals surface area contributed by atoms with Gasteiger partial charge in [-0.15, -0.1) is 0 Å². The summed E-state index contributed by atoms with van der Waals surface area (Å²) in [6.07, 6.45) is 4.81. The summed E-state index contributed by atoms with van der Waals surface area (Å²) >= 11 is 0. The minimum atomic E-state index is -4.40. The standard InChI is InChI=1S/C27H28F3N5O3/c1-38-24(36)12-13-31-26(37)20-8-11-23(32-16-20)35(22-4-2-3-5-22)17-18-14-33-25(34-15-18)19-6-9-21(10-7-19)27(28,29)30/h6-11,14-16,22H,2-5,12-13,17H2,1H3,(H,31,37). The number of carbonyl (C=O) groups excluding carboxylic acids is 2. The Morgan fingerprint density at radius 3 is 2.26 bits per heavy atom. The van der Waals surface area contributed by atoms with Crippen LogP contribution in [0.4, 0.5) is 19.0 Å². The second-order valence-electron chi connectivity index (χ2n) is 9.04. The van der Waals surface area contributed by atoms with Crippen LogP contribution in [-0.2, 0) is 22.3 Å². The monoisotopic (exact) mass is 527 g/mol. The van der Waals surface area contributed by atoms with Gasteiger partial charge in [-0.2, -0.15) is 13.2 Å². The molecule has 2 heterocycles. The van der Waals surface area contributed by atoms with Crippen LogP contribution in [-0.4, -0.2) is 46.5 Å². The second-order valence-corrected chi connectivity index (χ2v) is 9.04. The first-order valence-electron chi connectivity index (χ1n) is 12.3. The molecule has 1 aromatic carbocycles. The molecule has 0 spiro atoms. The lowest BCUT2D eigenvalue weighted by Crippen LogP contribution is -2.33. The summed E-state index contributed by atoms with van der Waals surface area (Å²) in [6, 6.07) is 8.52. The van der Waals surface area contributed by atoms with Crippen molar-refractivity contribution in [1.82, 2.24) is 20.3 Å². The number of pyridine rings is 1. The Bertz CT molecular complexity index is 1230. The zero-order chi connectivity index (χ0) is 27.1. The zero-order valence-corrected chi connectivity index (χ0v) is 20.9. The quantitative estimate of drug-likeness (QED) is 0.399. The fourth-order valence-electron chi connectivity index (χ4n) is 4.38. The third kappa shape index (κ3) is 6.84. The number of hydrogen-bond acceptors (Lipinski definition) is 7. The molecule has 1 aliphatic carbocycles. The van der Waals surface area contributed by atoms with E-state index in [9.17, 15) is 22.8 Å². The Labute approximate surface area is 218 Å². The van der Waals surface area contributed by atoms with Crippen molar-refractivity contribution in [2.24, 2.45) is 0 Å². The number of rotatable bonds is 9. The first-order chi connectivity index (χ1) is 18.2. The Morgan fingerprint density at radius 2 is 1.68 bits per heavy atom. The normalized spacial score (nSPS) is 13.8. The lowest BCUT2D eigenvalue weighted by Gasteiger charge is -2.30. The van der Waals surface area contributed by atoms with Crippen LogP contribution in [0.5, 0.6) is 0 Å². The molecule has 0 aliphatic heterocycles. The predicted molar refractivity (Wildman–Crippen MR) is 134 cm³/mol. The van der Waals surface area contributed by atoms with Crippen LogP contribution in [0.15, 0.2) is 55.0 Å². The highest BCUT2D eigenvalue weighted by Crippen LogP contribution is 2.31. The van der Waals surface area contributed by atoms with Gasteiger partial charge < -0.3 is 15.0 Å². The molecule has 200 valence electrons. The van der Waals surface area contributed by atoms with E-state index in [0.29, 0.717) is 23.5 Å². The Balaban J connectivity index is 1.45. The molecule has 0 saturated heterocycles.